The number of aliphatic carboxylic acids is 1. The van der Waals surface area contributed by atoms with Gasteiger partial charge in [0.2, 0.25) is 0 Å². The second-order valence-electron chi connectivity index (χ2n) is 3.96. The van der Waals surface area contributed by atoms with Crippen molar-refractivity contribution in [2.45, 2.75) is 31.5 Å². The highest BCUT2D eigenvalue weighted by Gasteiger charge is 2.37. The van der Waals surface area contributed by atoms with Crippen LogP contribution in [0.3, 0.4) is 0 Å². The summed E-state index contributed by atoms with van der Waals surface area (Å²) in [6.07, 6.45) is 0.481. The number of carboxylic acid groups (broad SMARTS) is 1. The molecule has 0 aromatic heterocycles. The third-order valence-electron chi connectivity index (χ3n) is 2.71. The van der Waals surface area contributed by atoms with Crippen molar-refractivity contribution in [3.63, 3.8) is 0 Å². The SMILES string of the molecule is COC(CNC(=O)C1(C)CCCO1)C(=O)O. The van der Waals surface area contributed by atoms with Gasteiger partial charge in [0.25, 0.3) is 5.91 Å². The van der Waals surface area contributed by atoms with Gasteiger partial charge in [0.05, 0.1) is 6.54 Å². The zero-order valence-corrected chi connectivity index (χ0v) is 9.49. The lowest BCUT2D eigenvalue weighted by Crippen LogP contribution is -2.47. The quantitative estimate of drug-likeness (QED) is 0.682. The summed E-state index contributed by atoms with van der Waals surface area (Å²) in [7, 11) is 1.29. The topological polar surface area (TPSA) is 84.9 Å². The molecule has 92 valence electrons. The van der Waals surface area contributed by atoms with Gasteiger partial charge in [0.1, 0.15) is 5.60 Å². The van der Waals surface area contributed by atoms with Crippen LogP contribution in [0.15, 0.2) is 0 Å². The van der Waals surface area contributed by atoms with Crippen LogP contribution >= 0.6 is 0 Å². The van der Waals surface area contributed by atoms with E-state index in [2.05, 4.69) is 5.32 Å². The van der Waals surface area contributed by atoms with Crippen molar-refractivity contribution in [3.05, 3.63) is 0 Å². The summed E-state index contributed by atoms with van der Waals surface area (Å²) in [5.41, 5.74) is -0.823. The zero-order valence-electron chi connectivity index (χ0n) is 9.49. The number of ether oxygens (including phenoxy) is 2. The Bertz CT molecular complexity index is 272. The van der Waals surface area contributed by atoms with E-state index in [4.69, 9.17) is 14.6 Å². The first kappa shape index (κ1) is 12.9. The predicted molar refractivity (Wildman–Crippen MR) is 55.0 cm³/mol. The number of carbonyl (C=O) groups is 2. The number of nitrogens with one attached hydrogen (secondary N) is 1. The molecule has 1 heterocycles. The second kappa shape index (κ2) is 5.27. The van der Waals surface area contributed by atoms with E-state index in [1.165, 1.54) is 7.11 Å². The number of rotatable bonds is 5. The van der Waals surface area contributed by atoms with Gasteiger partial charge in [-0.3, -0.25) is 4.79 Å². The molecule has 0 bridgehead atoms. The molecule has 1 fully saturated rings. The average molecular weight is 231 g/mol. The average Bonchev–Trinajstić information content (AvgIpc) is 2.66. The zero-order chi connectivity index (χ0) is 12.2. The van der Waals surface area contributed by atoms with E-state index in [0.29, 0.717) is 13.0 Å². The van der Waals surface area contributed by atoms with E-state index < -0.39 is 17.7 Å². The maximum absolute atomic E-state index is 11.7. The molecule has 2 atom stereocenters. The van der Waals surface area contributed by atoms with Crippen LogP contribution in [0, 0.1) is 0 Å². The van der Waals surface area contributed by atoms with E-state index in [9.17, 15) is 9.59 Å². The molecule has 2 unspecified atom stereocenters. The van der Waals surface area contributed by atoms with Crippen LogP contribution in [0.5, 0.6) is 0 Å². The number of amides is 1. The molecule has 0 aromatic rings. The number of carboxylic acids is 1. The summed E-state index contributed by atoms with van der Waals surface area (Å²) in [5.74, 6) is -1.38. The van der Waals surface area contributed by atoms with Gasteiger partial charge in [-0.25, -0.2) is 4.79 Å². The normalized spacial score (nSPS) is 26.4. The third kappa shape index (κ3) is 2.93. The molecule has 6 heteroatoms. The Morgan fingerprint density at radius 3 is 2.75 bits per heavy atom. The van der Waals surface area contributed by atoms with Crippen molar-refractivity contribution in [1.29, 1.82) is 0 Å². The molecule has 1 aliphatic heterocycles. The molecule has 1 saturated heterocycles. The molecule has 1 aliphatic rings. The van der Waals surface area contributed by atoms with Crippen LogP contribution in [0.2, 0.25) is 0 Å². The lowest BCUT2D eigenvalue weighted by Gasteiger charge is -2.22. The van der Waals surface area contributed by atoms with Gasteiger partial charge in [-0.2, -0.15) is 0 Å². The number of methoxy groups -OCH3 is 1. The van der Waals surface area contributed by atoms with Crippen LogP contribution in [-0.2, 0) is 19.1 Å². The highest BCUT2D eigenvalue weighted by atomic mass is 16.5. The van der Waals surface area contributed by atoms with Crippen LogP contribution in [0.4, 0.5) is 0 Å². The minimum atomic E-state index is -1.10. The number of carbonyl (C=O) groups excluding carboxylic acids is 1. The Morgan fingerprint density at radius 1 is 1.62 bits per heavy atom. The van der Waals surface area contributed by atoms with E-state index in [1.54, 1.807) is 6.92 Å². The Labute approximate surface area is 93.9 Å². The van der Waals surface area contributed by atoms with Crippen LogP contribution < -0.4 is 5.32 Å². The van der Waals surface area contributed by atoms with Gasteiger partial charge in [-0.1, -0.05) is 0 Å². The lowest BCUT2D eigenvalue weighted by atomic mass is 10.0. The molecule has 16 heavy (non-hydrogen) atoms. The van der Waals surface area contributed by atoms with Gasteiger partial charge in [0, 0.05) is 13.7 Å². The third-order valence-corrected chi connectivity index (χ3v) is 2.71. The van der Waals surface area contributed by atoms with Crippen LogP contribution in [-0.4, -0.2) is 48.9 Å². The molecular weight excluding hydrogens is 214 g/mol. The Kier molecular flexibility index (Phi) is 4.26. The molecule has 0 aromatic carbocycles. The molecule has 6 nitrogen and oxygen atoms in total. The minimum absolute atomic E-state index is 0.0520. The molecular formula is C10H17NO5. The molecule has 0 spiro atoms. The van der Waals surface area contributed by atoms with E-state index in [-0.39, 0.29) is 12.5 Å². The molecule has 0 radical (unpaired) electrons. The smallest absolute Gasteiger partial charge is 0.334 e. The fraction of sp³-hybridized carbons (Fsp3) is 0.800. The maximum atomic E-state index is 11.7. The van der Waals surface area contributed by atoms with Crippen molar-refractivity contribution in [2.24, 2.45) is 0 Å². The van der Waals surface area contributed by atoms with Gasteiger partial charge >= 0.3 is 5.97 Å². The van der Waals surface area contributed by atoms with Crippen LogP contribution in [0.25, 0.3) is 0 Å². The van der Waals surface area contributed by atoms with E-state index >= 15 is 0 Å². The fourth-order valence-electron chi connectivity index (χ4n) is 1.60. The Morgan fingerprint density at radius 2 is 2.31 bits per heavy atom. The first-order chi connectivity index (χ1) is 7.49. The standard InChI is InChI=1S/C10H17NO5/c1-10(4-3-5-16-10)9(14)11-6-7(15-2)8(12)13/h7H,3-6H2,1-2H3,(H,11,14)(H,12,13). The minimum Gasteiger partial charge on any atom is -0.479 e. The van der Waals surface area contributed by atoms with Crippen molar-refractivity contribution < 1.29 is 24.2 Å². The Hall–Kier alpha value is -1.14. The lowest BCUT2D eigenvalue weighted by molar-refractivity contribution is -0.149. The van der Waals surface area contributed by atoms with Crippen molar-refractivity contribution in [3.8, 4) is 0 Å². The van der Waals surface area contributed by atoms with Gasteiger partial charge < -0.3 is 19.9 Å². The first-order valence-electron chi connectivity index (χ1n) is 5.17. The van der Waals surface area contributed by atoms with Gasteiger partial charge in [-0.15, -0.1) is 0 Å². The summed E-state index contributed by atoms with van der Waals surface area (Å²) in [6.45, 7) is 2.22. The second-order valence-corrected chi connectivity index (χ2v) is 3.96. The highest BCUT2D eigenvalue weighted by molar-refractivity contribution is 5.85. The monoisotopic (exact) mass is 231 g/mol. The van der Waals surface area contributed by atoms with Gasteiger partial charge in [0.15, 0.2) is 6.10 Å². The van der Waals surface area contributed by atoms with Gasteiger partial charge in [-0.05, 0) is 19.8 Å². The Balaban J connectivity index is 2.42. The molecule has 0 saturated carbocycles. The fourth-order valence-corrected chi connectivity index (χ4v) is 1.60. The summed E-state index contributed by atoms with van der Waals surface area (Å²) in [5, 5.41) is 11.2. The summed E-state index contributed by atoms with van der Waals surface area (Å²) in [6, 6.07) is 0. The maximum Gasteiger partial charge on any atom is 0.334 e. The van der Waals surface area contributed by atoms with E-state index in [0.717, 1.165) is 6.42 Å². The van der Waals surface area contributed by atoms with E-state index in [1.807, 2.05) is 0 Å². The predicted octanol–water partition coefficient (Wildman–Crippen LogP) is -0.229. The summed E-state index contributed by atoms with van der Waals surface area (Å²) in [4.78, 5) is 22.4. The largest absolute Gasteiger partial charge is 0.479 e. The molecule has 1 rings (SSSR count). The molecule has 0 aliphatic carbocycles. The molecule has 1 amide bonds. The van der Waals surface area contributed by atoms with Crippen molar-refractivity contribution in [2.75, 3.05) is 20.3 Å². The summed E-state index contributed by atoms with van der Waals surface area (Å²) < 4.78 is 10.0. The number of hydrogen-bond acceptors (Lipinski definition) is 4. The van der Waals surface area contributed by atoms with Crippen molar-refractivity contribution >= 4 is 11.9 Å². The first-order valence-corrected chi connectivity index (χ1v) is 5.17. The summed E-state index contributed by atoms with van der Waals surface area (Å²) >= 11 is 0. The highest BCUT2D eigenvalue weighted by Crippen LogP contribution is 2.24. The number of hydrogen-bond donors (Lipinski definition) is 2. The molecule has 2 N–H and O–H groups in total. The van der Waals surface area contributed by atoms with Crippen molar-refractivity contribution in [1.82, 2.24) is 5.32 Å². The van der Waals surface area contributed by atoms with Crippen LogP contribution in [0.1, 0.15) is 19.8 Å².